The molecule has 0 amide bonds. The highest BCUT2D eigenvalue weighted by molar-refractivity contribution is 5.33. The number of hydrogen-bond acceptors (Lipinski definition) is 5. The first kappa shape index (κ1) is 21.7. The third-order valence-electron chi connectivity index (χ3n) is 6.92. The first-order valence-corrected chi connectivity index (χ1v) is 11.8. The predicted molar refractivity (Wildman–Crippen MR) is 123 cm³/mol. The summed E-state index contributed by atoms with van der Waals surface area (Å²) in [5.74, 6) is 0.874. The van der Waals surface area contributed by atoms with Gasteiger partial charge in [-0.05, 0) is 49.9 Å². The van der Waals surface area contributed by atoms with Gasteiger partial charge in [0, 0.05) is 52.4 Å². The largest absolute Gasteiger partial charge is 0.365 e. The fraction of sp³-hybridized carbons (Fsp3) is 0.600. The maximum atomic E-state index is 9.57. The van der Waals surface area contributed by atoms with Crippen LogP contribution in [0.25, 0.3) is 4.85 Å². The Labute approximate surface area is 187 Å². The lowest BCUT2D eigenvalue weighted by Gasteiger charge is -2.31. The van der Waals surface area contributed by atoms with Crippen LogP contribution in [0.2, 0.25) is 0 Å². The first-order valence-electron chi connectivity index (χ1n) is 11.8. The van der Waals surface area contributed by atoms with Crippen LogP contribution < -0.4 is 0 Å². The number of likely N-dealkylation sites (tertiary alicyclic amines) is 1. The van der Waals surface area contributed by atoms with Crippen molar-refractivity contribution in [3.8, 4) is 6.07 Å². The molecule has 164 valence electrons. The normalized spacial score (nSPS) is 21.5. The fourth-order valence-electron chi connectivity index (χ4n) is 5.19. The van der Waals surface area contributed by atoms with E-state index in [1.54, 1.807) is 0 Å². The van der Waals surface area contributed by atoms with Crippen LogP contribution in [0.5, 0.6) is 0 Å². The molecule has 0 N–H and O–H groups in total. The van der Waals surface area contributed by atoms with Gasteiger partial charge in [-0.15, -0.1) is 0 Å². The minimum atomic E-state index is 0.253. The van der Waals surface area contributed by atoms with Crippen LogP contribution in [-0.2, 0) is 13.0 Å². The molecule has 2 fully saturated rings. The zero-order valence-corrected chi connectivity index (χ0v) is 18.6. The van der Waals surface area contributed by atoms with Crippen molar-refractivity contribution in [3.63, 3.8) is 0 Å². The number of hydrogen-bond donors (Lipinski definition) is 0. The third kappa shape index (κ3) is 5.39. The van der Waals surface area contributed by atoms with Gasteiger partial charge in [-0.1, -0.05) is 30.7 Å². The summed E-state index contributed by atoms with van der Waals surface area (Å²) in [5, 5.41) is 9.57. The summed E-state index contributed by atoms with van der Waals surface area (Å²) in [6.45, 7) is 17.8. The molecule has 6 heteroatoms. The van der Waals surface area contributed by atoms with Gasteiger partial charge in [-0.25, -0.2) is 10.1 Å². The second kappa shape index (κ2) is 10.7. The highest BCUT2D eigenvalue weighted by Gasteiger charge is 2.28. The van der Waals surface area contributed by atoms with Gasteiger partial charge in [-0.2, -0.15) is 0 Å². The lowest BCUT2D eigenvalue weighted by molar-refractivity contribution is 0.200. The first-order chi connectivity index (χ1) is 15.3. The smallest absolute Gasteiger partial charge is 0.300 e. The van der Waals surface area contributed by atoms with E-state index >= 15 is 0 Å². The fourth-order valence-corrected chi connectivity index (χ4v) is 5.19. The average molecular weight is 419 g/mol. The molecule has 0 bridgehead atoms. The highest BCUT2D eigenvalue weighted by Crippen LogP contribution is 2.24. The van der Waals surface area contributed by atoms with Crippen molar-refractivity contribution in [3.05, 3.63) is 58.3 Å². The van der Waals surface area contributed by atoms with Crippen LogP contribution in [0.4, 0.5) is 0 Å². The summed E-state index contributed by atoms with van der Waals surface area (Å²) in [7, 11) is 0. The summed E-state index contributed by atoms with van der Waals surface area (Å²) in [5.41, 5.74) is 3.20. The van der Waals surface area contributed by atoms with E-state index in [9.17, 15) is 5.26 Å². The number of fused-ring (bicyclic) bond motifs is 1. The van der Waals surface area contributed by atoms with E-state index in [0.29, 0.717) is 0 Å². The maximum absolute atomic E-state index is 9.57. The zero-order valence-electron chi connectivity index (χ0n) is 18.6. The summed E-state index contributed by atoms with van der Waals surface area (Å²) < 4.78 is 0. The second-order valence-electron chi connectivity index (χ2n) is 8.92. The van der Waals surface area contributed by atoms with Gasteiger partial charge in [0.25, 0.3) is 0 Å². The molecule has 0 aliphatic carbocycles. The van der Waals surface area contributed by atoms with Crippen molar-refractivity contribution in [2.45, 2.75) is 38.6 Å². The Morgan fingerprint density at radius 2 is 1.61 bits per heavy atom. The number of nitriles is 1. The van der Waals surface area contributed by atoms with Gasteiger partial charge in [0.1, 0.15) is 5.82 Å². The predicted octanol–water partition coefficient (Wildman–Crippen LogP) is 3.15. The minimum absolute atomic E-state index is 0.253. The Morgan fingerprint density at radius 3 is 2.35 bits per heavy atom. The van der Waals surface area contributed by atoms with Gasteiger partial charge in [0.2, 0.25) is 0 Å². The molecule has 31 heavy (non-hydrogen) atoms. The molecule has 1 aromatic carbocycles. The van der Waals surface area contributed by atoms with E-state index in [2.05, 4.69) is 54.8 Å². The third-order valence-corrected chi connectivity index (χ3v) is 6.92. The van der Waals surface area contributed by atoms with Crippen molar-refractivity contribution in [2.75, 3.05) is 58.9 Å². The summed E-state index contributed by atoms with van der Waals surface area (Å²) in [6, 6.07) is 10.9. The molecular formula is C25H34N6. The molecule has 0 unspecified atom stereocenters. The molecular weight excluding hydrogens is 384 g/mol. The summed E-state index contributed by atoms with van der Waals surface area (Å²) in [4.78, 5) is 13.2. The van der Waals surface area contributed by atoms with Crippen molar-refractivity contribution >= 4 is 0 Å². The molecule has 0 aromatic heterocycles. The molecule has 3 aliphatic rings. The molecule has 0 saturated carbocycles. The number of allylic oxidation sites excluding steroid dienone is 1. The second-order valence-corrected chi connectivity index (χ2v) is 8.92. The average Bonchev–Trinajstić information content (AvgIpc) is 3.22. The van der Waals surface area contributed by atoms with Crippen LogP contribution in [0.15, 0.2) is 35.8 Å². The monoisotopic (exact) mass is 418 g/mol. The Kier molecular flexibility index (Phi) is 7.46. The van der Waals surface area contributed by atoms with Gasteiger partial charge in [0.05, 0.1) is 12.6 Å². The van der Waals surface area contributed by atoms with Crippen molar-refractivity contribution < 1.29 is 0 Å². The van der Waals surface area contributed by atoms with E-state index in [1.807, 2.05) is 0 Å². The topological polar surface area (TPSA) is 41.1 Å². The lowest BCUT2D eigenvalue weighted by Crippen LogP contribution is -2.37. The van der Waals surface area contributed by atoms with Crippen LogP contribution >= 0.6 is 0 Å². The van der Waals surface area contributed by atoms with Crippen LogP contribution in [0.3, 0.4) is 0 Å². The van der Waals surface area contributed by atoms with Crippen molar-refractivity contribution in [2.24, 2.45) is 0 Å². The van der Waals surface area contributed by atoms with Crippen LogP contribution in [-0.4, -0.2) is 78.5 Å². The van der Waals surface area contributed by atoms with E-state index in [4.69, 9.17) is 6.57 Å². The number of nitrogens with zero attached hydrogens (tertiary/aromatic N) is 6. The quantitative estimate of drug-likeness (QED) is 0.503. The van der Waals surface area contributed by atoms with Crippen LogP contribution in [0, 0.1) is 17.9 Å². The number of benzene rings is 1. The molecule has 3 aliphatic heterocycles. The van der Waals surface area contributed by atoms with E-state index in [0.717, 1.165) is 71.0 Å². The van der Waals surface area contributed by atoms with Gasteiger partial charge < -0.3 is 14.7 Å². The van der Waals surface area contributed by atoms with E-state index in [-0.39, 0.29) is 5.70 Å². The lowest BCUT2D eigenvalue weighted by atomic mass is 10.00. The molecule has 2 saturated heterocycles. The van der Waals surface area contributed by atoms with Gasteiger partial charge >= 0.3 is 5.70 Å². The van der Waals surface area contributed by atoms with E-state index < -0.39 is 0 Å². The Morgan fingerprint density at radius 1 is 0.871 bits per heavy atom. The Bertz CT molecular complexity index is 841. The summed E-state index contributed by atoms with van der Waals surface area (Å²) in [6.07, 6.45) is 6.12. The van der Waals surface area contributed by atoms with Crippen LogP contribution in [0.1, 0.15) is 36.8 Å². The Balaban J connectivity index is 1.31. The molecule has 1 aromatic rings. The molecule has 3 heterocycles. The summed E-state index contributed by atoms with van der Waals surface area (Å²) >= 11 is 0. The molecule has 4 rings (SSSR count). The zero-order chi connectivity index (χ0) is 21.5. The van der Waals surface area contributed by atoms with Gasteiger partial charge in [-0.3, -0.25) is 4.90 Å². The van der Waals surface area contributed by atoms with Gasteiger partial charge in [0.15, 0.2) is 0 Å². The SMILES string of the molecule is [C-]#[N+]C(C#N)=C1N(CCCN2CCc3ccccc3C2)CCN1CCN1CCCCC1. The Hall–Kier alpha value is -2.54. The highest BCUT2D eigenvalue weighted by atomic mass is 15.4. The van der Waals surface area contributed by atoms with Crippen molar-refractivity contribution in [1.82, 2.24) is 19.6 Å². The molecule has 6 nitrogen and oxygen atoms in total. The van der Waals surface area contributed by atoms with Crippen molar-refractivity contribution in [1.29, 1.82) is 5.26 Å². The minimum Gasteiger partial charge on any atom is -0.365 e. The van der Waals surface area contributed by atoms with E-state index in [1.165, 1.54) is 43.5 Å². The standard InChI is InChI=1S/C25H34N6/c1-27-24(20-26)25-30(18-19-31(25)17-16-28-11-5-2-6-12-28)14-7-13-29-15-10-22-8-3-4-9-23(22)21-29/h3-4,8-9H,2,5-7,10-19,21H2. The number of rotatable bonds is 7. The molecule has 0 atom stereocenters. The number of piperidine rings is 1. The maximum Gasteiger partial charge on any atom is 0.300 e. The molecule has 0 radical (unpaired) electrons. The molecule has 0 spiro atoms.